The highest BCUT2D eigenvalue weighted by atomic mass is 16.2. The number of benzene rings is 1. The Hall–Kier alpha value is -0.860. The van der Waals surface area contributed by atoms with Crippen LogP contribution in [0.25, 0.3) is 0 Å². The molecule has 0 aliphatic carbocycles. The Bertz CT molecular complexity index is 171. The van der Waals surface area contributed by atoms with Gasteiger partial charge in [-0.3, -0.25) is 0 Å². The van der Waals surface area contributed by atoms with E-state index < -0.39 is 0 Å². The van der Waals surface area contributed by atoms with Gasteiger partial charge in [0.25, 0.3) is 0 Å². The SMILES string of the molecule is CC.CC(C)c1ccccc1.CO.CO. The molecule has 0 atom stereocenters. The average molecular weight is 214 g/mol. The zero-order valence-electron chi connectivity index (χ0n) is 10.9. The topological polar surface area (TPSA) is 40.5 Å². The molecule has 1 aromatic rings. The summed E-state index contributed by atoms with van der Waals surface area (Å²) in [4.78, 5) is 0. The van der Waals surface area contributed by atoms with Crippen LogP contribution in [-0.4, -0.2) is 24.4 Å². The second-order valence-electron chi connectivity index (χ2n) is 2.57. The summed E-state index contributed by atoms with van der Waals surface area (Å²) in [5, 5.41) is 14.0. The van der Waals surface area contributed by atoms with Crippen molar-refractivity contribution < 1.29 is 10.2 Å². The third-order valence-corrected chi connectivity index (χ3v) is 1.47. The molecule has 0 heterocycles. The quantitative estimate of drug-likeness (QED) is 0.754. The Balaban J connectivity index is -0.000000208. The maximum absolute atomic E-state index is 7.00. The molecule has 2 heteroatoms. The number of aliphatic hydroxyl groups excluding tert-OH is 2. The van der Waals surface area contributed by atoms with E-state index in [1.807, 2.05) is 19.9 Å². The first-order chi connectivity index (χ1) is 7.30. The summed E-state index contributed by atoms with van der Waals surface area (Å²) in [5.41, 5.74) is 1.41. The van der Waals surface area contributed by atoms with Gasteiger partial charge in [-0.2, -0.15) is 0 Å². The van der Waals surface area contributed by atoms with E-state index in [0.29, 0.717) is 5.92 Å². The van der Waals surface area contributed by atoms with E-state index in [1.54, 1.807) is 0 Å². The van der Waals surface area contributed by atoms with Crippen molar-refractivity contribution in [2.45, 2.75) is 33.6 Å². The molecule has 0 saturated heterocycles. The molecule has 0 fully saturated rings. The lowest BCUT2D eigenvalue weighted by Crippen LogP contribution is -1.83. The fraction of sp³-hybridized carbons (Fsp3) is 0.538. The Morgan fingerprint density at radius 2 is 1.13 bits per heavy atom. The number of aliphatic hydroxyl groups is 2. The molecular formula is C13H26O2. The molecule has 0 saturated carbocycles. The van der Waals surface area contributed by atoms with Crippen molar-refractivity contribution >= 4 is 0 Å². The van der Waals surface area contributed by atoms with Gasteiger partial charge in [0.05, 0.1) is 0 Å². The minimum absolute atomic E-state index is 0.659. The van der Waals surface area contributed by atoms with Gasteiger partial charge in [-0.1, -0.05) is 58.0 Å². The maximum atomic E-state index is 7.00. The molecule has 0 aromatic heterocycles. The van der Waals surface area contributed by atoms with Crippen LogP contribution in [0.3, 0.4) is 0 Å². The van der Waals surface area contributed by atoms with Crippen molar-refractivity contribution in [1.29, 1.82) is 0 Å². The summed E-state index contributed by atoms with van der Waals surface area (Å²) < 4.78 is 0. The maximum Gasteiger partial charge on any atom is 0.0319 e. The third kappa shape index (κ3) is 13.1. The van der Waals surface area contributed by atoms with Gasteiger partial charge in [0, 0.05) is 14.2 Å². The van der Waals surface area contributed by atoms with Crippen molar-refractivity contribution in [2.75, 3.05) is 14.2 Å². The molecule has 1 aromatic carbocycles. The summed E-state index contributed by atoms with van der Waals surface area (Å²) in [5.74, 6) is 0.659. The van der Waals surface area contributed by atoms with Crippen LogP contribution in [0.15, 0.2) is 30.3 Å². The monoisotopic (exact) mass is 214 g/mol. The van der Waals surface area contributed by atoms with E-state index in [2.05, 4.69) is 38.1 Å². The van der Waals surface area contributed by atoms with Crippen LogP contribution >= 0.6 is 0 Å². The predicted octanol–water partition coefficient (Wildman–Crippen LogP) is 3.05. The molecule has 1 rings (SSSR count). The van der Waals surface area contributed by atoms with Crippen molar-refractivity contribution in [3.8, 4) is 0 Å². The first-order valence-corrected chi connectivity index (χ1v) is 5.25. The molecule has 90 valence electrons. The average Bonchev–Trinajstić information content (AvgIpc) is 2.38. The fourth-order valence-electron chi connectivity index (χ4n) is 0.838. The van der Waals surface area contributed by atoms with Gasteiger partial charge in [0.2, 0.25) is 0 Å². The van der Waals surface area contributed by atoms with Crippen LogP contribution < -0.4 is 0 Å². The molecule has 0 bridgehead atoms. The Morgan fingerprint density at radius 1 is 0.800 bits per heavy atom. The largest absolute Gasteiger partial charge is 0.400 e. The Labute approximate surface area is 94.6 Å². The van der Waals surface area contributed by atoms with E-state index in [4.69, 9.17) is 10.2 Å². The lowest BCUT2D eigenvalue weighted by atomic mass is 10.0. The molecule has 0 radical (unpaired) electrons. The van der Waals surface area contributed by atoms with Gasteiger partial charge in [-0.25, -0.2) is 0 Å². The molecule has 0 unspecified atom stereocenters. The van der Waals surface area contributed by atoms with E-state index in [-0.39, 0.29) is 0 Å². The molecular weight excluding hydrogens is 188 g/mol. The smallest absolute Gasteiger partial charge is 0.0319 e. The summed E-state index contributed by atoms with van der Waals surface area (Å²) >= 11 is 0. The standard InChI is InChI=1S/C9H12.C2H6.2CH4O/c1-8(2)9-6-4-3-5-7-9;3*1-2/h3-8H,1-2H3;1-2H3;2*2H,1H3. The van der Waals surface area contributed by atoms with E-state index >= 15 is 0 Å². The zero-order valence-corrected chi connectivity index (χ0v) is 10.9. The van der Waals surface area contributed by atoms with Crippen molar-refractivity contribution in [1.82, 2.24) is 0 Å². The molecule has 0 aliphatic heterocycles. The first kappa shape index (κ1) is 19.7. The van der Waals surface area contributed by atoms with Crippen LogP contribution in [0, 0.1) is 0 Å². The predicted molar refractivity (Wildman–Crippen MR) is 68.2 cm³/mol. The molecule has 15 heavy (non-hydrogen) atoms. The minimum Gasteiger partial charge on any atom is -0.400 e. The molecule has 2 nitrogen and oxygen atoms in total. The molecule has 2 N–H and O–H groups in total. The highest BCUT2D eigenvalue weighted by Crippen LogP contribution is 2.11. The third-order valence-electron chi connectivity index (χ3n) is 1.47. The molecule has 0 amide bonds. The zero-order chi connectivity index (χ0) is 12.7. The van der Waals surface area contributed by atoms with Gasteiger partial charge < -0.3 is 10.2 Å². The van der Waals surface area contributed by atoms with E-state index in [9.17, 15) is 0 Å². The Morgan fingerprint density at radius 3 is 1.33 bits per heavy atom. The summed E-state index contributed by atoms with van der Waals surface area (Å²) in [7, 11) is 2.00. The second kappa shape index (κ2) is 18.8. The summed E-state index contributed by atoms with van der Waals surface area (Å²) in [6, 6.07) is 10.5. The van der Waals surface area contributed by atoms with Gasteiger partial charge in [-0.15, -0.1) is 0 Å². The highest BCUT2D eigenvalue weighted by molar-refractivity contribution is 5.17. The lowest BCUT2D eigenvalue weighted by Gasteiger charge is -2.01. The van der Waals surface area contributed by atoms with E-state index in [1.165, 1.54) is 5.56 Å². The van der Waals surface area contributed by atoms with Crippen LogP contribution in [0.5, 0.6) is 0 Å². The summed E-state index contributed by atoms with van der Waals surface area (Å²) in [6.07, 6.45) is 0. The first-order valence-electron chi connectivity index (χ1n) is 5.25. The van der Waals surface area contributed by atoms with Crippen LogP contribution in [0.1, 0.15) is 39.2 Å². The van der Waals surface area contributed by atoms with Crippen molar-refractivity contribution in [3.63, 3.8) is 0 Å². The van der Waals surface area contributed by atoms with Gasteiger partial charge in [-0.05, 0) is 11.5 Å². The lowest BCUT2D eigenvalue weighted by molar-refractivity contribution is 0.399. The van der Waals surface area contributed by atoms with Crippen LogP contribution in [0.2, 0.25) is 0 Å². The minimum atomic E-state index is 0.659. The fourth-order valence-corrected chi connectivity index (χ4v) is 0.838. The van der Waals surface area contributed by atoms with E-state index in [0.717, 1.165) is 14.2 Å². The normalized spacial score (nSPS) is 7.27. The van der Waals surface area contributed by atoms with Crippen molar-refractivity contribution in [2.24, 2.45) is 0 Å². The highest BCUT2D eigenvalue weighted by Gasteiger charge is 1.93. The number of hydrogen-bond donors (Lipinski definition) is 2. The number of rotatable bonds is 1. The second-order valence-corrected chi connectivity index (χ2v) is 2.57. The van der Waals surface area contributed by atoms with Crippen molar-refractivity contribution in [3.05, 3.63) is 35.9 Å². The van der Waals surface area contributed by atoms with Gasteiger partial charge >= 0.3 is 0 Å². The van der Waals surface area contributed by atoms with Gasteiger partial charge in [0.1, 0.15) is 0 Å². The van der Waals surface area contributed by atoms with Crippen LogP contribution in [0.4, 0.5) is 0 Å². The summed E-state index contributed by atoms with van der Waals surface area (Å²) in [6.45, 7) is 8.41. The van der Waals surface area contributed by atoms with Gasteiger partial charge in [0.15, 0.2) is 0 Å². The molecule has 0 spiro atoms. The Kier molecular flexibility index (Phi) is 24.7. The molecule has 0 aliphatic rings. The number of hydrogen-bond acceptors (Lipinski definition) is 2. The van der Waals surface area contributed by atoms with Crippen LogP contribution in [-0.2, 0) is 0 Å².